The van der Waals surface area contributed by atoms with Gasteiger partial charge in [-0.15, -0.1) is 0 Å². The van der Waals surface area contributed by atoms with Gasteiger partial charge in [0.1, 0.15) is 5.69 Å². The second-order valence-electron chi connectivity index (χ2n) is 6.07. The molecule has 0 spiro atoms. The molecule has 1 saturated carbocycles. The minimum absolute atomic E-state index is 0.428. The summed E-state index contributed by atoms with van der Waals surface area (Å²) in [5.41, 5.74) is 1.52. The Morgan fingerprint density at radius 3 is 2.70 bits per heavy atom. The van der Waals surface area contributed by atoms with Crippen molar-refractivity contribution in [1.29, 1.82) is 0 Å². The molecule has 4 rings (SSSR count). The first-order valence-electron chi connectivity index (χ1n) is 7.19. The second kappa shape index (κ2) is 4.43. The van der Waals surface area contributed by atoms with Gasteiger partial charge in [-0.3, -0.25) is 4.90 Å². The van der Waals surface area contributed by atoms with Gasteiger partial charge in [0.25, 0.3) is 0 Å². The van der Waals surface area contributed by atoms with E-state index in [4.69, 9.17) is 4.52 Å². The number of benzene rings is 1. The number of rotatable bonds is 4. The monoisotopic (exact) mass is 270 g/mol. The van der Waals surface area contributed by atoms with E-state index in [0.29, 0.717) is 5.92 Å². The second-order valence-corrected chi connectivity index (χ2v) is 6.07. The van der Waals surface area contributed by atoms with Gasteiger partial charge in [0.15, 0.2) is 5.76 Å². The van der Waals surface area contributed by atoms with Gasteiger partial charge in [-0.05, 0) is 18.8 Å². The first-order valence-corrected chi connectivity index (χ1v) is 7.19. The Bertz CT molecular complexity index is 598. The molecule has 1 aliphatic heterocycles. The van der Waals surface area contributed by atoms with Crippen molar-refractivity contribution in [2.24, 2.45) is 5.92 Å². The van der Waals surface area contributed by atoms with Gasteiger partial charge in [0, 0.05) is 24.7 Å². The zero-order chi connectivity index (χ0) is 13.6. The highest BCUT2D eigenvalue weighted by atomic mass is 16.5. The zero-order valence-electron chi connectivity index (χ0n) is 11.3. The third-order valence-corrected chi connectivity index (χ3v) is 4.34. The number of aliphatic hydroxyl groups is 1. The van der Waals surface area contributed by atoms with E-state index in [9.17, 15) is 5.11 Å². The van der Waals surface area contributed by atoms with Crippen molar-refractivity contribution in [3.8, 4) is 11.3 Å². The lowest BCUT2D eigenvalue weighted by molar-refractivity contribution is -0.118. The summed E-state index contributed by atoms with van der Waals surface area (Å²) in [6.07, 6.45) is 2.37. The first kappa shape index (κ1) is 12.1. The molecule has 2 fully saturated rings. The van der Waals surface area contributed by atoms with Crippen molar-refractivity contribution in [2.75, 3.05) is 13.1 Å². The lowest BCUT2D eigenvalue weighted by atomic mass is 9.89. The average Bonchev–Trinajstić information content (AvgIpc) is 3.19. The molecule has 2 heterocycles. The fourth-order valence-corrected chi connectivity index (χ4v) is 3.07. The first-order chi connectivity index (χ1) is 9.73. The molecule has 20 heavy (non-hydrogen) atoms. The summed E-state index contributed by atoms with van der Waals surface area (Å²) in [5, 5.41) is 14.4. The van der Waals surface area contributed by atoms with Crippen LogP contribution in [0, 0.1) is 5.92 Å². The Morgan fingerprint density at radius 2 is 2.00 bits per heavy atom. The van der Waals surface area contributed by atoms with Gasteiger partial charge < -0.3 is 9.63 Å². The molecule has 4 heteroatoms. The molecule has 104 valence electrons. The molecular weight excluding hydrogens is 252 g/mol. The van der Waals surface area contributed by atoms with E-state index < -0.39 is 5.60 Å². The van der Waals surface area contributed by atoms with Crippen molar-refractivity contribution >= 4 is 0 Å². The average molecular weight is 270 g/mol. The summed E-state index contributed by atoms with van der Waals surface area (Å²) >= 11 is 0. The van der Waals surface area contributed by atoms with E-state index >= 15 is 0 Å². The van der Waals surface area contributed by atoms with Crippen molar-refractivity contribution in [3.05, 3.63) is 42.2 Å². The number of β-amino-alcohol motifs (C(OH)–C–C–N with tert-alkyl or cyclic N) is 1. The lowest BCUT2D eigenvalue weighted by Gasteiger charge is -2.46. The SMILES string of the molecule is OC1(C2CC2)CN(Cc2cc(-c3ccccc3)no2)C1. The van der Waals surface area contributed by atoms with E-state index in [1.165, 1.54) is 12.8 Å². The number of nitrogens with zero attached hydrogens (tertiary/aromatic N) is 2. The molecule has 0 atom stereocenters. The summed E-state index contributed by atoms with van der Waals surface area (Å²) in [7, 11) is 0. The molecule has 2 aromatic rings. The van der Waals surface area contributed by atoms with Gasteiger partial charge in [-0.25, -0.2) is 0 Å². The Hall–Kier alpha value is -1.65. The largest absolute Gasteiger partial charge is 0.387 e. The number of hydrogen-bond acceptors (Lipinski definition) is 4. The van der Waals surface area contributed by atoms with Gasteiger partial charge in [-0.1, -0.05) is 35.5 Å². The summed E-state index contributed by atoms with van der Waals surface area (Å²) < 4.78 is 5.40. The molecule has 0 bridgehead atoms. The normalized spacial score (nSPS) is 21.6. The molecule has 1 aromatic heterocycles. The minimum atomic E-state index is -0.428. The third kappa shape index (κ3) is 2.15. The molecule has 4 nitrogen and oxygen atoms in total. The number of likely N-dealkylation sites (tertiary alicyclic amines) is 1. The van der Waals surface area contributed by atoms with Crippen LogP contribution in [0.4, 0.5) is 0 Å². The van der Waals surface area contributed by atoms with Crippen LogP contribution < -0.4 is 0 Å². The van der Waals surface area contributed by atoms with Crippen LogP contribution in [0.25, 0.3) is 11.3 Å². The Morgan fingerprint density at radius 1 is 1.25 bits per heavy atom. The van der Waals surface area contributed by atoms with Crippen LogP contribution in [0.3, 0.4) is 0 Å². The predicted octanol–water partition coefficient (Wildman–Crippen LogP) is 2.30. The minimum Gasteiger partial charge on any atom is -0.387 e. The molecule has 0 unspecified atom stereocenters. The van der Waals surface area contributed by atoms with E-state index in [0.717, 1.165) is 36.7 Å². The summed E-state index contributed by atoms with van der Waals surface area (Å²) in [6, 6.07) is 12.0. The summed E-state index contributed by atoms with van der Waals surface area (Å²) in [5.74, 6) is 1.40. The van der Waals surface area contributed by atoms with Crippen LogP contribution >= 0.6 is 0 Å². The van der Waals surface area contributed by atoms with Gasteiger partial charge in [0.05, 0.1) is 12.1 Å². The highest BCUT2D eigenvalue weighted by Crippen LogP contribution is 2.44. The summed E-state index contributed by atoms with van der Waals surface area (Å²) in [4.78, 5) is 2.22. The molecule has 1 saturated heterocycles. The number of aromatic nitrogens is 1. The summed E-state index contributed by atoms with van der Waals surface area (Å²) in [6.45, 7) is 2.26. The van der Waals surface area contributed by atoms with E-state index in [-0.39, 0.29) is 0 Å². The van der Waals surface area contributed by atoms with E-state index in [2.05, 4.69) is 10.1 Å². The fourth-order valence-electron chi connectivity index (χ4n) is 3.07. The highest BCUT2D eigenvalue weighted by molar-refractivity contribution is 5.58. The third-order valence-electron chi connectivity index (χ3n) is 4.34. The van der Waals surface area contributed by atoms with Crippen LogP contribution in [0.5, 0.6) is 0 Å². The van der Waals surface area contributed by atoms with Crippen LogP contribution in [0.15, 0.2) is 40.9 Å². The molecular formula is C16H18N2O2. The van der Waals surface area contributed by atoms with Crippen LogP contribution in [-0.4, -0.2) is 33.9 Å². The fraction of sp³-hybridized carbons (Fsp3) is 0.438. The van der Waals surface area contributed by atoms with Crippen LogP contribution in [-0.2, 0) is 6.54 Å². The van der Waals surface area contributed by atoms with Crippen molar-refractivity contribution in [3.63, 3.8) is 0 Å². The zero-order valence-corrected chi connectivity index (χ0v) is 11.3. The van der Waals surface area contributed by atoms with Crippen LogP contribution in [0.2, 0.25) is 0 Å². The maximum atomic E-state index is 10.3. The van der Waals surface area contributed by atoms with Gasteiger partial charge in [-0.2, -0.15) is 0 Å². The molecule has 0 radical (unpaired) electrons. The smallest absolute Gasteiger partial charge is 0.151 e. The van der Waals surface area contributed by atoms with E-state index in [1.54, 1.807) is 0 Å². The van der Waals surface area contributed by atoms with E-state index in [1.807, 2.05) is 36.4 Å². The topological polar surface area (TPSA) is 49.5 Å². The highest BCUT2D eigenvalue weighted by Gasteiger charge is 2.51. The predicted molar refractivity (Wildman–Crippen MR) is 74.9 cm³/mol. The quantitative estimate of drug-likeness (QED) is 0.926. The van der Waals surface area contributed by atoms with Crippen molar-refractivity contribution < 1.29 is 9.63 Å². The molecule has 2 aliphatic rings. The molecule has 1 N–H and O–H groups in total. The Balaban J connectivity index is 1.40. The molecule has 1 aliphatic carbocycles. The number of hydrogen-bond donors (Lipinski definition) is 1. The van der Waals surface area contributed by atoms with Gasteiger partial charge in [0.2, 0.25) is 0 Å². The maximum absolute atomic E-state index is 10.3. The maximum Gasteiger partial charge on any atom is 0.151 e. The van der Waals surface area contributed by atoms with Crippen molar-refractivity contribution in [1.82, 2.24) is 10.1 Å². The molecule has 1 aromatic carbocycles. The standard InChI is InChI=1S/C16H18N2O2/c19-16(13-6-7-13)10-18(11-16)9-14-8-15(17-20-14)12-4-2-1-3-5-12/h1-5,8,13,19H,6-7,9-11H2. The Labute approximate surface area is 118 Å². The van der Waals surface area contributed by atoms with Crippen LogP contribution in [0.1, 0.15) is 18.6 Å². The Kier molecular flexibility index (Phi) is 2.69. The lowest BCUT2D eigenvalue weighted by Crippen LogP contribution is -2.62. The van der Waals surface area contributed by atoms with Gasteiger partial charge >= 0.3 is 0 Å². The van der Waals surface area contributed by atoms with Crippen molar-refractivity contribution in [2.45, 2.75) is 25.0 Å². The molecule has 0 amide bonds.